The van der Waals surface area contributed by atoms with Gasteiger partial charge in [-0.3, -0.25) is 29.4 Å². The molecule has 2 bridgehead atoms. The molecule has 0 aromatic heterocycles. The number of Topliss-reactive ketones (excluding diaryl/α,β-unsaturated/α-hetero) is 1. The summed E-state index contributed by atoms with van der Waals surface area (Å²) in [5.41, 5.74) is 0.717. The molecule has 1 aliphatic heterocycles. The number of carbonyl (C=O) groups is 5. The molecule has 2 amide bonds. The molecule has 2 fully saturated rings. The van der Waals surface area contributed by atoms with E-state index in [4.69, 9.17) is 9.47 Å². The number of amides is 2. The molecule has 3 aliphatic rings. The first-order valence-corrected chi connectivity index (χ1v) is 13.1. The molecule has 1 saturated carbocycles. The second kappa shape index (κ2) is 10.5. The van der Waals surface area contributed by atoms with Gasteiger partial charge in [0.2, 0.25) is 11.8 Å². The molecule has 1 saturated heterocycles. The third-order valence-electron chi connectivity index (χ3n) is 7.87. The zero-order valence-electron chi connectivity index (χ0n) is 21.9. The number of nitro groups is 1. The Morgan fingerprint density at radius 3 is 1.86 bits per heavy atom. The van der Waals surface area contributed by atoms with Gasteiger partial charge in [-0.05, 0) is 78.9 Å². The number of ketones is 1. The number of benzene rings is 3. The van der Waals surface area contributed by atoms with E-state index in [1.807, 2.05) is 12.2 Å². The molecule has 6 rings (SSSR count). The summed E-state index contributed by atoms with van der Waals surface area (Å²) in [5.74, 6) is -2.69. The summed E-state index contributed by atoms with van der Waals surface area (Å²) in [6.45, 7) is -0.537. The number of anilines is 1. The van der Waals surface area contributed by atoms with Gasteiger partial charge in [0.25, 0.3) is 5.69 Å². The van der Waals surface area contributed by atoms with Crippen LogP contribution in [0.2, 0.25) is 0 Å². The number of nitro benzene ring substituents is 1. The maximum absolute atomic E-state index is 13.0. The Labute approximate surface area is 238 Å². The van der Waals surface area contributed by atoms with E-state index in [2.05, 4.69) is 0 Å². The van der Waals surface area contributed by atoms with E-state index in [0.29, 0.717) is 5.69 Å². The number of hydrogen-bond acceptors (Lipinski definition) is 9. The van der Waals surface area contributed by atoms with E-state index in [1.54, 1.807) is 0 Å². The predicted molar refractivity (Wildman–Crippen MR) is 146 cm³/mol. The molecule has 0 unspecified atom stereocenters. The second-order valence-electron chi connectivity index (χ2n) is 10.3. The van der Waals surface area contributed by atoms with Crippen molar-refractivity contribution >= 4 is 40.9 Å². The van der Waals surface area contributed by atoms with Gasteiger partial charge in [-0.1, -0.05) is 12.2 Å². The quantitative estimate of drug-likeness (QED) is 0.0744. The smallest absolute Gasteiger partial charge is 0.343 e. The number of fused-ring (bicyclic) bond motifs is 5. The molecule has 3 aromatic carbocycles. The van der Waals surface area contributed by atoms with Crippen molar-refractivity contribution in [3.05, 3.63) is 112 Å². The van der Waals surface area contributed by atoms with E-state index >= 15 is 0 Å². The van der Waals surface area contributed by atoms with Gasteiger partial charge in [-0.15, -0.1) is 0 Å². The Hall–Kier alpha value is -5.45. The number of hydrogen-bond donors (Lipinski definition) is 0. The number of ether oxygens (including phenoxy) is 2. The Morgan fingerprint density at radius 1 is 0.762 bits per heavy atom. The fourth-order valence-electron chi connectivity index (χ4n) is 5.80. The van der Waals surface area contributed by atoms with Gasteiger partial charge in [0, 0.05) is 17.7 Å². The topological polar surface area (TPSA) is 150 Å². The fourth-order valence-corrected chi connectivity index (χ4v) is 5.80. The van der Waals surface area contributed by atoms with Crippen LogP contribution < -0.4 is 9.64 Å². The lowest BCUT2D eigenvalue weighted by Gasteiger charge is -2.17. The summed E-state index contributed by atoms with van der Waals surface area (Å²) in [7, 11) is 0. The van der Waals surface area contributed by atoms with Crippen LogP contribution in [0.5, 0.6) is 5.75 Å². The molecule has 11 nitrogen and oxygen atoms in total. The number of imide groups is 1. The van der Waals surface area contributed by atoms with Crippen LogP contribution in [0, 0.1) is 33.8 Å². The Bertz CT molecular complexity index is 1630. The van der Waals surface area contributed by atoms with Crippen LogP contribution in [0.1, 0.15) is 37.5 Å². The van der Waals surface area contributed by atoms with Crippen LogP contribution in [-0.4, -0.2) is 41.1 Å². The summed E-state index contributed by atoms with van der Waals surface area (Å²) in [6.07, 6.45) is 4.88. The van der Waals surface area contributed by atoms with Crippen LogP contribution in [0.3, 0.4) is 0 Å². The summed E-state index contributed by atoms with van der Waals surface area (Å²) >= 11 is 0. The number of carbonyl (C=O) groups excluding carboxylic acids is 5. The molecule has 2 aliphatic carbocycles. The zero-order chi connectivity index (χ0) is 29.5. The van der Waals surface area contributed by atoms with Gasteiger partial charge in [-0.2, -0.15) is 0 Å². The van der Waals surface area contributed by atoms with E-state index in [0.717, 1.165) is 6.42 Å². The average Bonchev–Trinajstić information content (AvgIpc) is 3.69. The molecular weight excluding hydrogens is 544 g/mol. The standard InChI is InChI=1S/C31H22N2O9/c34-25(17-7-13-24(14-8-17)42-31(38)19-5-11-23(12-6-19)33(39)40)16-41-30(37)18-3-9-22(10-4-18)32-28(35)26-20-1-2-21(15-20)27(26)29(32)36/h1-14,20-21,26-27H,15-16H2/t20-,21-,26-,27+/m0/s1. The van der Waals surface area contributed by atoms with Crippen molar-refractivity contribution < 1.29 is 38.4 Å². The predicted octanol–water partition coefficient (Wildman–Crippen LogP) is 4.17. The van der Waals surface area contributed by atoms with Crippen LogP contribution in [0.15, 0.2) is 84.9 Å². The Balaban J connectivity index is 1.02. The third kappa shape index (κ3) is 4.74. The van der Waals surface area contributed by atoms with Gasteiger partial charge in [0.15, 0.2) is 12.4 Å². The first kappa shape index (κ1) is 26.8. The van der Waals surface area contributed by atoms with Crippen molar-refractivity contribution in [2.45, 2.75) is 6.42 Å². The minimum Gasteiger partial charge on any atom is -0.454 e. The SMILES string of the molecule is O=C(COC(=O)c1ccc(N2C(=O)[C@@H]3[C@H](C2=O)[C@H]2C=C[C@H]3C2)cc1)c1ccc(OC(=O)c2ccc([N+](=O)[O-])cc2)cc1. The van der Waals surface area contributed by atoms with Gasteiger partial charge in [-0.25, -0.2) is 9.59 Å². The minimum absolute atomic E-state index is 0.0990. The molecule has 1 heterocycles. The monoisotopic (exact) mass is 566 g/mol. The maximum Gasteiger partial charge on any atom is 0.343 e. The highest BCUT2D eigenvalue weighted by Crippen LogP contribution is 2.53. The van der Waals surface area contributed by atoms with E-state index < -0.39 is 29.3 Å². The molecule has 3 aromatic rings. The number of non-ortho nitro benzene ring substituents is 1. The highest BCUT2D eigenvalue weighted by atomic mass is 16.6. The average molecular weight is 567 g/mol. The van der Waals surface area contributed by atoms with Gasteiger partial charge < -0.3 is 9.47 Å². The van der Waals surface area contributed by atoms with Gasteiger partial charge >= 0.3 is 11.9 Å². The van der Waals surface area contributed by atoms with Crippen LogP contribution >= 0.6 is 0 Å². The Morgan fingerprint density at radius 2 is 1.29 bits per heavy atom. The summed E-state index contributed by atoms with van der Waals surface area (Å²) in [6, 6.07) is 16.4. The molecule has 0 spiro atoms. The Kier molecular flexibility index (Phi) is 6.69. The van der Waals surface area contributed by atoms with Crippen LogP contribution in [0.25, 0.3) is 0 Å². The van der Waals surface area contributed by atoms with Crippen molar-refractivity contribution in [2.75, 3.05) is 11.5 Å². The highest BCUT2D eigenvalue weighted by molar-refractivity contribution is 6.22. The van der Waals surface area contributed by atoms with Crippen molar-refractivity contribution in [1.82, 2.24) is 0 Å². The summed E-state index contributed by atoms with van der Waals surface area (Å²) in [5, 5.41) is 10.8. The van der Waals surface area contributed by atoms with Crippen molar-refractivity contribution in [1.29, 1.82) is 0 Å². The summed E-state index contributed by atoms with van der Waals surface area (Å²) in [4.78, 5) is 74.7. The molecule has 0 N–H and O–H groups in total. The first-order valence-electron chi connectivity index (χ1n) is 13.1. The lowest BCUT2D eigenvalue weighted by Crippen LogP contribution is -2.32. The van der Waals surface area contributed by atoms with Crippen molar-refractivity contribution in [2.24, 2.45) is 23.7 Å². The normalized spacial score (nSPS) is 21.8. The molecule has 11 heteroatoms. The number of nitrogens with zero attached hydrogens (tertiary/aromatic N) is 2. The third-order valence-corrected chi connectivity index (χ3v) is 7.87. The number of esters is 2. The molecule has 42 heavy (non-hydrogen) atoms. The first-order chi connectivity index (χ1) is 20.2. The van der Waals surface area contributed by atoms with Gasteiger partial charge in [0.05, 0.1) is 33.6 Å². The van der Waals surface area contributed by atoms with E-state index in [-0.39, 0.29) is 63.6 Å². The highest BCUT2D eigenvalue weighted by Gasteiger charge is 2.59. The molecule has 4 atom stereocenters. The van der Waals surface area contributed by atoms with E-state index in [9.17, 15) is 34.1 Å². The molecular formula is C31H22N2O9. The van der Waals surface area contributed by atoms with Crippen molar-refractivity contribution in [3.8, 4) is 5.75 Å². The van der Waals surface area contributed by atoms with Gasteiger partial charge in [0.1, 0.15) is 5.75 Å². The number of allylic oxidation sites excluding steroid dienone is 2. The second-order valence-corrected chi connectivity index (χ2v) is 10.3. The zero-order valence-corrected chi connectivity index (χ0v) is 21.9. The largest absolute Gasteiger partial charge is 0.454 e. The van der Waals surface area contributed by atoms with Crippen molar-refractivity contribution in [3.63, 3.8) is 0 Å². The molecule has 0 radical (unpaired) electrons. The molecule has 210 valence electrons. The lowest BCUT2D eigenvalue weighted by atomic mass is 9.85. The minimum atomic E-state index is -0.748. The van der Waals surface area contributed by atoms with Crippen LogP contribution in [-0.2, 0) is 14.3 Å². The number of rotatable bonds is 8. The maximum atomic E-state index is 13.0. The lowest BCUT2D eigenvalue weighted by molar-refractivity contribution is -0.384. The fraction of sp³-hybridized carbons (Fsp3) is 0.194. The van der Waals surface area contributed by atoms with E-state index in [1.165, 1.54) is 77.7 Å². The van der Waals surface area contributed by atoms with Crippen LogP contribution in [0.4, 0.5) is 11.4 Å². The summed E-state index contributed by atoms with van der Waals surface area (Å²) < 4.78 is 10.4.